The van der Waals surface area contributed by atoms with Crippen LogP contribution in [0.4, 0.5) is 5.69 Å². The summed E-state index contributed by atoms with van der Waals surface area (Å²) in [4.78, 5) is 12.3. The maximum Gasteiger partial charge on any atom is 0.240 e. The third kappa shape index (κ3) is 6.42. The van der Waals surface area contributed by atoms with E-state index in [1.807, 2.05) is 18.2 Å². The van der Waals surface area contributed by atoms with E-state index in [1.54, 1.807) is 6.07 Å². The summed E-state index contributed by atoms with van der Waals surface area (Å²) in [5.41, 5.74) is 1.07. The van der Waals surface area contributed by atoms with Gasteiger partial charge >= 0.3 is 0 Å². The normalized spacial score (nSPS) is 11.3. The molecule has 2 aromatic carbocycles. The molecule has 0 heterocycles. The number of sulfonamides is 1. The van der Waals surface area contributed by atoms with Crippen LogP contribution in [0.25, 0.3) is 0 Å². The molecular formula is C18H18Cl4N2O3S. The number of amides is 1. The highest BCUT2D eigenvalue weighted by atomic mass is 35.5. The minimum absolute atomic E-state index is 0.0753. The predicted molar refractivity (Wildman–Crippen MR) is 116 cm³/mol. The molecule has 1 N–H and O–H groups in total. The molecule has 152 valence electrons. The second kappa shape index (κ2) is 10.0. The van der Waals surface area contributed by atoms with Crippen LogP contribution in [0.5, 0.6) is 0 Å². The van der Waals surface area contributed by atoms with Crippen molar-refractivity contribution in [2.75, 3.05) is 23.7 Å². The number of hydrogen-bond acceptors (Lipinski definition) is 3. The highest BCUT2D eigenvalue weighted by Crippen LogP contribution is 2.35. The molecule has 2 rings (SSSR count). The van der Waals surface area contributed by atoms with Crippen LogP contribution in [0.1, 0.15) is 12.0 Å². The molecule has 0 aromatic heterocycles. The third-order valence-corrected chi connectivity index (χ3v) is 6.37. The van der Waals surface area contributed by atoms with E-state index in [0.29, 0.717) is 24.4 Å². The van der Waals surface area contributed by atoms with Gasteiger partial charge in [0.1, 0.15) is 6.54 Å². The number of benzene rings is 2. The number of anilines is 1. The summed E-state index contributed by atoms with van der Waals surface area (Å²) in [6.07, 6.45) is 2.33. The molecule has 0 unspecified atom stereocenters. The summed E-state index contributed by atoms with van der Waals surface area (Å²) in [7, 11) is -3.78. The summed E-state index contributed by atoms with van der Waals surface area (Å²) in [6.45, 7) is -0.0562. The Kier molecular flexibility index (Phi) is 8.28. The molecule has 2 aromatic rings. The lowest BCUT2D eigenvalue weighted by Gasteiger charge is -2.23. The molecule has 0 saturated carbocycles. The largest absolute Gasteiger partial charge is 0.355 e. The van der Waals surface area contributed by atoms with Crippen LogP contribution in [0.15, 0.2) is 36.4 Å². The number of nitrogens with zero attached hydrogens (tertiary/aromatic N) is 1. The zero-order valence-electron chi connectivity index (χ0n) is 14.9. The van der Waals surface area contributed by atoms with Gasteiger partial charge < -0.3 is 5.32 Å². The fourth-order valence-corrected chi connectivity index (χ4v) is 4.26. The minimum Gasteiger partial charge on any atom is -0.355 e. The van der Waals surface area contributed by atoms with Crippen molar-refractivity contribution in [2.24, 2.45) is 0 Å². The zero-order chi connectivity index (χ0) is 20.9. The quantitative estimate of drug-likeness (QED) is 0.432. The number of halogens is 4. The fraction of sp³-hybridized carbons (Fsp3) is 0.278. The summed E-state index contributed by atoms with van der Waals surface area (Å²) < 4.78 is 25.2. The number of carbonyl (C=O) groups excluding carboxylic acids is 1. The van der Waals surface area contributed by atoms with Gasteiger partial charge in [0.15, 0.2) is 0 Å². The Morgan fingerprint density at radius 1 is 1.00 bits per heavy atom. The van der Waals surface area contributed by atoms with Crippen molar-refractivity contribution in [1.29, 1.82) is 0 Å². The van der Waals surface area contributed by atoms with Gasteiger partial charge in [-0.3, -0.25) is 9.10 Å². The molecule has 0 aliphatic carbocycles. The van der Waals surface area contributed by atoms with Gasteiger partial charge in [-0.25, -0.2) is 8.42 Å². The van der Waals surface area contributed by atoms with Crippen LogP contribution >= 0.6 is 46.4 Å². The lowest BCUT2D eigenvalue weighted by Crippen LogP contribution is -2.40. The first-order chi connectivity index (χ1) is 13.1. The van der Waals surface area contributed by atoms with Crippen molar-refractivity contribution in [3.63, 3.8) is 0 Å². The molecule has 0 aliphatic rings. The van der Waals surface area contributed by atoms with Crippen molar-refractivity contribution in [3.05, 3.63) is 62.1 Å². The third-order valence-electron chi connectivity index (χ3n) is 3.85. The SMILES string of the molecule is CS(=O)(=O)N(CC(=O)NCCCc1ccccc1Cl)c1cc(Cl)c(Cl)cc1Cl. The Morgan fingerprint density at radius 3 is 2.29 bits per heavy atom. The van der Waals surface area contributed by atoms with Crippen molar-refractivity contribution in [3.8, 4) is 0 Å². The van der Waals surface area contributed by atoms with Gasteiger partial charge in [-0.1, -0.05) is 64.6 Å². The molecule has 0 spiro atoms. The number of nitrogens with one attached hydrogen (secondary N) is 1. The Morgan fingerprint density at radius 2 is 1.64 bits per heavy atom. The fourth-order valence-electron chi connectivity index (χ4n) is 2.48. The number of rotatable bonds is 8. The summed E-state index contributed by atoms with van der Waals surface area (Å²) >= 11 is 24.0. The van der Waals surface area contributed by atoms with Gasteiger partial charge in [-0.15, -0.1) is 0 Å². The second-order valence-electron chi connectivity index (χ2n) is 6.03. The molecule has 0 radical (unpaired) electrons. The summed E-state index contributed by atoms with van der Waals surface area (Å²) in [5, 5.41) is 3.77. The van der Waals surface area contributed by atoms with Gasteiger partial charge in [0.25, 0.3) is 0 Å². The van der Waals surface area contributed by atoms with Crippen LogP contribution < -0.4 is 9.62 Å². The van der Waals surface area contributed by atoms with Gasteiger partial charge in [0, 0.05) is 11.6 Å². The minimum atomic E-state index is -3.78. The van der Waals surface area contributed by atoms with Gasteiger partial charge in [-0.2, -0.15) is 0 Å². The van der Waals surface area contributed by atoms with Crippen LogP contribution in [0, 0.1) is 0 Å². The van der Waals surface area contributed by atoms with E-state index in [2.05, 4.69) is 5.32 Å². The van der Waals surface area contributed by atoms with E-state index in [9.17, 15) is 13.2 Å². The molecule has 0 fully saturated rings. The van der Waals surface area contributed by atoms with E-state index in [4.69, 9.17) is 46.4 Å². The monoisotopic (exact) mass is 482 g/mol. The molecule has 10 heteroatoms. The van der Waals surface area contributed by atoms with Gasteiger partial charge in [-0.05, 0) is 36.6 Å². The van der Waals surface area contributed by atoms with Crippen molar-refractivity contribution in [1.82, 2.24) is 5.32 Å². The first kappa shape index (κ1) is 23.1. The highest BCUT2D eigenvalue weighted by molar-refractivity contribution is 7.92. The number of aryl methyl sites for hydroxylation is 1. The maximum absolute atomic E-state index is 12.3. The van der Waals surface area contributed by atoms with Gasteiger partial charge in [0.05, 0.1) is 27.0 Å². The first-order valence-electron chi connectivity index (χ1n) is 8.22. The van der Waals surface area contributed by atoms with Crippen LogP contribution in [0.2, 0.25) is 20.1 Å². The lowest BCUT2D eigenvalue weighted by molar-refractivity contribution is -0.119. The Balaban J connectivity index is 2.00. The molecule has 0 atom stereocenters. The van der Waals surface area contributed by atoms with E-state index in [0.717, 1.165) is 16.1 Å². The van der Waals surface area contributed by atoms with Crippen LogP contribution in [0.3, 0.4) is 0 Å². The van der Waals surface area contributed by atoms with Crippen LogP contribution in [-0.4, -0.2) is 33.7 Å². The predicted octanol–water partition coefficient (Wildman–Crippen LogP) is 4.82. The molecular weight excluding hydrogens is 466 g/mol. The van der Waals surface area contributed by atoms with Crippen molar-refractivity contribution < 1.29 is 13.2 Å². The van der Waals surface area contributed by atoms with Gasteiger partial charge in [0.2, 0.25) is 15.9 Å². The summed E-state index contributed by atoms with van der Waals surface area (Å²) in [5.74, 6) is -0.466. The van der Waals surface area contributed by atoms with E-state index < -0.39 is 22.5 Å². The first-order valence-corrected chi connectivity index (χ1v) is 11.6. The molecule has 5 nitrogen and oxygen atoms in total. The van der Waals surface area contributed by atoms with E-state index >= 15 is 0 Å². The van der Waals surface area contributed by atoms with E-state index in [-0.39, 0.29) is 20.8 Å². The molecule has 28 heavy (non-hydrogen) atoms. The maximum atomic E-state index is 12.3. The average molecular weight is 484 g/mol. The summed E-state index contributed by atoms with van der Waals surface area (Å²) in [6, 6.07) is 10.1. The van der Waals surface area contributed by atoms with Crippen LogP contribution in [-0.2, 0) is 21.2 Å². The lowest BCUT2D eigenvalue weighted by atomic mass is 10.1. The molecule has 0 saturated heterocycles. The zero-order valence-corrected chi connectivity index (χ0v) is 18.7. The van der Waals surface area contributed by atoms with Crippen molar-refractivity contribution >= 4 is 68.0 Å². The number of carbonyl (C=O) groups is 1. The average Bonchev–Trinajstić information content (AvgIpc) is 2.60. The number of hydrogen-bond donors (Lipinski definition) is 1. The molecule has 0 aliphatic heterocycles. The van der Waals surface area contributed by atoms with E-state index in [1.165, 1.54) is 12.1 Å². The Bertz CT molecular complexity index is 967. The standard InChI is InChI=1S/C18H18Cl4N2O3S/c1-28(26,27)24(17-10-15(21)14(20)9-16(17)22)11-18(25)23-8-4-6-12-5-2-3-7-13(12)19/h2-3,5,7,9-10H,4,6,8,11H2,1H3,(H,23,25). The molecule has 0 bridgehead atoms. The van der Waals surface area contributed by atoms with Crippen molar-refractivity contribution in [2.45, 2.75) is 12.8 Å². The topological polar surface area (TPSA) is 66.5 Å². The molecule has 1 amide bonds. The highest BCUT2D eigenvalue weighted by Gasteiger charge is 2.24. The smallest absolute Gasteiger partial charge is 0.240 e. The Hall–Kier alpha value is -1.18. The second-order valence-corrected chi connectivity index (χ2v) is 9.57. The Labute approximate surface area is 184 Å².